The topological polar surface area (TPSA) is 233 Å². The molecule has 1 heterocycles. The van der Waals surface area contributed by atoms with Crippen molar-refractivity contribution in [1.82, 2.24) is 0 Å². The van der Waals surface area contributed by atoms with Gasteiger partial charge in [-0.1, -0.05) is 130 Å². The minimum absolute atomic E-state index is 0.108. The van der Waals surface area contributed by atoms with Gasteiger partial charge < -0.3 is 44.0 Å². The molecule has 257 valence electrons. The predicted octanol–water partition coefficient (Wildman–Crippen LogP) is 3.65. The third-order valence-electron chi connectivity index (χ3n) is 6.55. The summed E-state index contributed by atoms with van der Waals surface area (Å²) >= 11 is 0.108. The molecule has 1 radical (unpaired) electrons. The summed E-state index contributed by atoms with van der Waals surface area (Å²) in [6.07, 6.45) is 1.08. The summed E-state index contributed by atoms with van der Waals surface area (Å²) < 4.78 is 30.0. The molecule has 0 amide bonds. The number of hydrogen-bond donors (Lipinski definition) is 9. The molecule has 1 aliphatic rings. The molecule has 0 saturated heterocycles. The van der Waals surface area contributed by atoms with E-state index in [0.717, 1.165) is 6.42 Å². The van der Waals surface area contributed by atoms with Crippen molar-refractivity contribution in [2.24, 2.45) is 0 Å². The summed E-state index contributed by atoms with van der Waals surface area (Å²) in [7, 11) is -13.9. The van der Waals surface area contributed by atoms with Crippen LogP contribution in [0.5, 0.6) is 0 Å². The Hall–Kier alpha value is -0.698. The van der Waals surface area contributed by atoms with Crippen LogP contribution in [-0.2, 0) is 41.8 Å². The van der Waals surface area contributed by atoms with Crippen LogP contribution in [0.15, 0.2) is 24.3 Å². The quantitative estimate of drug-likeness (QED) is 0.120. The highest BCUT2D eigenvalue weighted by Gasteiger charge is 2.32. The van der Waals surface area contributed by atoms with Crippen LogP contribution < -0.4 is 8.85 Å². The molecule has 45 heavy (non-hydrogen) atoms. The van der Waals surface area contributed by atoms with Gasteiger partial charge in [0.05, 0.1) is 0 Å². The fourth-order valence-corrected chi connectivity index (χ4v) is 6.89. The van der Waals surface area contributed by atoms with Gasteiger partial charge in [-0.25, -0.2) is 13.7 Å². The molecule has 0 atom stereocenters. The van der Waals surface area contributed by atoms with Crippen molar-refractivity contribution in [3.05, 3.63) is 57.6 Å². The van der Waals surface area contributed by atoms with E-state index in [9.17, 15) is 0 Å². The number of phosphoric acid groups is 3. The van der Waals surface area contributed by atoms with E-state index in [-0.39, 0.29) is 36.9 Å². The van der Waals surface area contributed by atoms with Crippen molar-refractivity contribution in [3.63, 3.8) is 0 Å². The SMILES string of the molecule is CC(C)(C)c1cc2[c](c(C(C)(C)C)c1)[Al][c]1c(cc(C(C)(C)C)cc1C(C)(C)C)C2.O=P(O)(O)O.O=P(O)(O)O.O=P(O)(O)O. The monoisotopic (exact) mass is 711 g/mol. The second-order valence-corrected chi connectivity index (χ2v) is 19.6. The molecular weight excluding hydrogens is 660 g/mol. The summed E-state index contributed by atoms with van der Waals surface area (Å²) in [5.41, 5.74) is 9.97. The maximum atomic E-state index is 8.88. The lowest BCUT2D eigenvalue weighted by Gasteiger charge is -2.36. The van der Waals surface area contributed by atoms with Gasteiger partial charge in [-0.3, -0.25) is 0 Å². The van der Waals surface area contributed by atoms with Crippen LogP contribution in [0.2, 0.25) is 0 Å². The van der Waals surface area contributed by atoms with Crippen molar-refractivity contribution < 1.29 is 57.7 Å². The molecule has 0 fully saturated rings. The molecule has 0 unspecified atom stereocenters. The summed E-state index contributed by atoms with van der Waals surface area (Å²) in [6.45, 7) is 28.4. The summed E-state index contributed by atoms with van der Waals surface area (Å²) in [6, 6.07) is 10.1. The largest absolute Gasteiger partial charge is 0.466 e. The van der Waals surface area contributed by atoms with E-state index >= 15 is 0 Å². The van der Waals surface area contributed by atoms with Crippen LogP contribution in [0, 0.1) is 0 Å². The fraction of sp³-hybridized carbons (Fsp3) is 0.586. The highest BCUT2D eigenvalue weighted by molar-refractivity contribution is 7.45. The van der Waals surface area contributed by atoms with Gasteiger partial charge in [-0.05, 0) is 39.2 Å². The first kappa shape index (κ1) is 44.3. The Balaban J connectivity index is 0.00000107. The van der Waals surface area contributed by atoms with Gasteiger partial charge in [0.1, 0.15) is 0 Å². The van der Waals surface area contributed by atoms with Crippen LogP contribution in [0.3, 0.4) is 0 Å². The van der Waals surface area contributed by atoms with E-state index < -0.39 is 23.5 Å². The predicted molar refractivity (Wildman–Crippen MR) is 178 cm³/mol. The molecule has 2 aromatic carbocycles. The Bertz CT molecular complexity index is 1310. The molecular formula is C29H51AlO12P3. The molecule has 0 aromatic heterocycles. The van der Waals surface area contributed by atoms with Crippen molar-refractivity contribution in [1.29, 1.82) is 0 Å². The molecule has 2 aromatic rings. The Morgan fingerprint density at radius 1 is 0.467 bits per heavy atom. The van der Waals surface area contributed by atoms with E-state index in [1.807, 2.05) is 0 Å². The Morgan fingerprint density at radius 2 is 0.689 bits per heavy atom. The molecule has 12 nitrogen and oxygen atoms in total. The van der Waals surface area contributed by atoms with E-state index in [0.29, 0.717) is 0 Å². The van der Waals surface area contributed by atoms with Gasteiger partial charge in [0.15, 0.2) is 0 Å². The number of rotatable bonds is 0. The first-order valence-electron chi connectivity index (χ1n) is 13.9. The van der Waals surface area contributed by atoms with E-state index in [4.69, 9.17) is 57.7 Å². The zero-order valence-corrected chi connectivity index (χ0v) is 32.0. The zero-order chi connectivity index (χ0) is 36.4. The van der Waals surface area contributed by atoms with E-state index in [2.05, 4.69) is 107 Å². The minimum atomic E-state index is -4.64. The first-order valence-corrected chi connectivity index (χ1v) is 19.8. The number of hydrogen-bond acceptors (Lipinski definition) is 3. The first-order chi connectivity index (χ1) is 19.4. The molecule has 9 N–H and O–H groups in total. The van der Waals surface area contributed by atoms with E-state index in [1.165, 1.54) is 11.1 Å². The average molecular weight is 712 g/mol. The maximum Gasteiger partial charge on any atom is 0.466 e. The Kier molecular flexibility index (Phi) is 15.0. The third kappa shape index (κ3) is 18.4. The summed E-state index contributed by atoms with van der Waals surface area (Å²) in [5, 5.41) is 0. The maximum absolute atomic E-state index is 8.88. The smallest absolute Gasteiger partial charge is 0.303 e. The lowest BCUT2D eigenvalue weighted by Crippen LogP contribution is -2.46. The van der Waals surface area contributed by atoms with Crippen molar-refractivity contribution in [2.75, 3.05) is 0 Å². The molecule has 3 rings (SSSR count). The molecule has 0 aliphatic carbocycles. The molecule has 16 heteroatoms. The van der Waals surface area contributed by atoms with Crippen LogP contribution in [0.25, 0.3) is 0 Å². The number of benzene rings is 2. The fourth-order valence-electron chi connectivity index (χ4n) is 4.52. The van der Waals surface area contributed by atoms with Crippen molar-refractivity contribution in [2.45, 2.75) is 111 Å². The standard InChI is InChI=1S/C29H42.Al.3H3O4P/c1-26(2,3)22-14-20(15-23(18-22)27(4,5)6)13-21-16-24(28(7,8)9)19-25(17-21)29(10,11)12;;3*1-5(2,3)4/h14,16,18-19H,13H2,1-12H3;;3*(H3,1,2,3,4). The summed E-state index contributed by atoms with van der Waals surface area (Å²) in [5.74, 6) is 0. The molecule has 0 bridgehead atoms. The summed E-state index contributed by atoms with van der Waals surface area (Å²) in [4.78, 5) is 64.7. The van der Waals surface area contributed by atoms with Crippen molar-refractivity contribution >= 4 is 47.5 Å². The van der Waals surface area contributed by atoms with Gasteiger partial charge >= 0.3 is 38.7 Å². The average Bonchev–Trinajstić information content (AvgIpc) is 2.69. The second-order valence-electron chi connectivity index (χ2n) is 15.1. The molecule has 1 aliphatic heterocycles. The van der Waals surface area contributed by atoms with Crippen molar-refractivity contribution in [3.8, 4) is 0 Å². The highest BCUT2D eigenvalue weighted by atomic mass is 31.2. The molecule has 0 saturated carbocycles. The Labute approximate surface area is 273 Å². The minimum Gasteiger partial charge on any atom is -0.303 e. The zero-order valence-electron chi connectivity index (χ0n) is 28.2. The normalized spacial score (nSPS) is 13.8. The van der Waals surface area contributed by atoms with Crippen LogP contribution in [0.4, 0.5) is 0 Å². The van der Waals surface area contributed by atoms with Gasteiger partial charge in [-0.15, -0.1) is 8.85 Å². The lowest BCUT2D eigenvalue weighted by molar-refractivity contribution is 0.272. The van der Waals surface area contributed by atoms with Gasteiger partial charge in [0.25, 0.3) is 0 Å². The third-order valence-corrected chi connectivity index (χ3v) is 8.49. The van der Waals surface area contributed by atoms with Crippen LogP contribution in [0.1, 0.15) is 116 Å². The van der Waals surface area contributed by atoms with Gasteiger partial charge in [0, 0.05) is 0 Å². The molecule has 0 spiro atoms. The lowest BCUT2D eigenvalue weighted by atomic mass is 9.77. The van der Waals surface area contributed by atoms with E-state index in [1.54, 1.807) is 31.1 Å². The number of fused-ring (bicyclic) bond motifs is 2. The van der Waals surface area contributed by atoms with Gasteiger partial charge in [0.2, 0.25) is 0 Å². The van der Waals surface area contributed by atoms with Crippen LogP contribution in [-0.4, -0.2) is 59.3 Å². The Morgan fingerprint density at radius 3 is 0.867 bits per heavy atom. The second kappa shape index (κ2) is 15.2. The van der Waals surface area contributed by atoms with Gasteiger partial charge in [-0.2, -0.15) is 0 Å². The highest BCUT2D eigenvalue weighted by Crippen LogP contribution is 2.34. The van der Waals surface area contributed by atoms with Crippen LogP contribution >= 0.6 is 23.5 Å².